The van der Waals surface area contributed by atoms with E-state index in [0.29, 0.717) is 17.8 Å². The first-order chi connectivity index (χ1) is 8.08. The lowest BCUT2D eigenvalue weighted by molar-refractivity contribution is 0.0957. The zero-order valence-electron chi connectivity index (χ0n) is 9.78. The number of aryl methyl sites for hydroxylation is 1. The first kappa shape index (κ1) is 11.3. The Morgan fingerprint density at radius 3 is 3.06 bits per heavy atom. The molecule has 1 amide bonds. The lowest BCUT2D eigenvalue weighted by atomic mass is 10.2. The molecule has 0 aromatic carbocycles. The monoisotopic (exact) mass is 231 g/mol. The highest BCUT2D eigenvalue weighted by Crippen LogP contribution is 2.16. The third-order valence-electron chi connectivity index (χ3n) is 2.32. The number of hydrogen-bond acceptors (Lipinski definition) is 4. The van der Waals surface area contributed by atoms with E-state index in [4.69, 9.17) is 4.52 Å². The molecule has 0 radical (unpaired) electrons. The molecule has 5 heteroatoms. The summed E-state index contributed by atoms with van der Waals surface area (Å²) in [7, 11) is 0. The van der Waals surface area contributed by atoms with Crippen LogP contribution in [0.4, 0.5) is 0 Å². The molecule has 0 bridgehead atoms. The van der Waals surface area contributed by atoms with Crippen LogP contribution < -0.4 is 5.32 Å². The van der Waals surface area contributed by atoms with Gasteiger partial charge >= 0.3 is 0 Å². The third-order valence-corrected chi connectivity index (χ3v) is 2.32. The average Bonchev–Trinajstić information content (AvgIpc) is 2.67. The van der Waals surface area contributed by atoms with Crippen LogP contribution in [0.15, 0.2) is 28.9 Å². The van der Waals surface area contributed by atoms with Crippen LogP contribution in [0, 0.1) is 6.92 Å². The van der Waals surface area contributed by atoms with Crippen LogP contribution in [-0.2, 0) is 0 Å². The number of nitrogens with one attached hydrogen (secondary N) is 1. The quantitative estimate of drug-likeness (QED) is 0.818. The van der Waals surface area contributed by atoms with E-state index < -0.39 is 0 Å². The zero-order chi connectivity index (χ0) is 12.4. The molecular weight excluding hydrogens is 218 g/mol. The molecule has 0 fully saturated rings. The molecule has 88 valence electrons. The second kappa shape index (κ2) is 4.37. The number of carbonyl (C=O) groups is 1. The van der Waals surface area contributed by atoms with Gasteiger partial charge in [-0.15, -0.1) is 0 Å². The summed E-state index contributed by atoms with van der Waals surface area (Å²) in [6.07, 6.45) is 1.47. The summed E-state index contributed by atoms with van der Waals surface area (Å²) in [4.78, 5) is 15.8. The summed E-state index contributed by atoms with van der Waals surface area (Å²) < 4.78 is 4.97. The standard InChI is InChI=1S/C12H13N3O2/c1-7(2)5-13-11(16)9-4-10-8(3)15-17-12(10)14-6-9/h4,6H,1,5H2,2-3H3,(H,13,16). The van der Waals surface area contributed by atoms with Crippen molar-refractivity contribution in [1.29, 1.82) is 0 Å². The average molecular weight is 231 g/mol. The van der Waals surface area contributed by atoms with Gasteiger partial charge in [0.15, 0.2) is 0 Å². The number of fused-ring (bicyclic) bond motifs is 1. The minimum absolute atomic E-state index is 0.178. The molecule has 0 aliphatic rings. The van der Waals surface area contributed by atoms with E-state index >= 15 is 0 Å². The van der Waals surface area contributed by atoms with Gasteiger partial charge in [-0.25, -0.2) is 4.98 Å². The van der Waals surface area contributed by atoms with Crippen molar-refractivity contribution in [3.63, 3.8) is 0 Å². The lowest BCUT2D eigenvalue weighted by Gasteiger charge is -2.03. The first-order valence-corrected chi connectivity index (χ1v) is 5.22. The van der Waals surface area contributed by atoms with Crippen molar-refractivity contribution in [3.8, 4) is 0 Å². The molecule has 0 aliphatic carbocycles. The van der Waals surface area contributed by atoms with Crippen molar-refractivity contribution in [1.82, 2.24) is 15.5 Å². The van der Waals surface area contributed by atoms with Gasteiger partial charge in [0.05, 0.1) is 16.6 Å². The smallest absolute Gasteiger partial charge is 0.257 e. The van der Waals surface area contributed by atoms with Crippen molar-refractivity contribution in [2.24, 2.45) is 0 Å². The summed E-state index contributed by atoms with van der Waals surface area (Å²) in [5, 5.41) is 7.29. The van der Waals surface area contributed by atoms with Crippen molar-refractivity contribution in [2.75, 3.05) is 6.54 Å². The zero-order valence-corrected chi connectivity index (χ0v) is 9.78. The molecule has 0 spiro atoms. The van der Waals surface area contributed by atoms with Crippen LogP contribution in [0.3, 0.4) is 0 Å². The van der Waals surface area contributed by atoms with E-state index in [1.807, 2.05) is 13.8 Å². The summed E-state index contributed by atoms with van der Waals surface area (Å²) in [6.45, 7) is 7.84. The Morgan fingerprint density at radius 2 is 2.35 bits per heavy atom. The van der Waals surface area contributed by atoms with E-state index in [-0.39, 0.29) is 5.91 Å². The summed E-state index contributed by atoms with van der Waals surface area (Å²) in [5.41, 5.74) is 2.56. The van der Waals surface area contributed by atoms with Crippen LogP contribution in [-0.4, -0.2) is 22.6 Å². The van der Waals surface area contributed by atoms with Gasteiger partial charge in [0.2, 0.25) is 0 Å². The van der Waals surface area contributed by atoms with Crippen molar-refractivity contribution < 1.29 is 9.32 Å². The predicted octanol–water partition coefficient (Wildman–Crippen LogP) is 1.84. The van der Waals surface area contributed by atoms with Gasteiger partial charge < -0.3 is 9.84 Å². The second-order valence-electron chi connectivity index (χ2n) is 3.98. The molecule has 2 heterocycles. The molecule has 0 saturated carbocycles. The van der Waals surface area contributed by atoms with E-state index in [1.165, 1.54) is 6.20 Å². The van der Waals surface area contributed by atoms with Crippen LogP contribution in [0.1, 0.15) is 23.0 Å². The largest absolute Gasteiger partial charge is 0.348 e. The molecule has 2 aromatic heterocycles. The Hall–Kier alpha value is -2.17. The van der Waals surface area contributed by atoms with Crippen LogP contribution >= 0.6 is 0 Å². The number of hydrogen-bond donors (Lipinski definition) is 1. The molecule has 0 aliphatic heterocycles. The fourth-order valence-corrected chi connectivity index (χ4v) is 1.40. The number of pyridine rings is 1. The third kappa shape index (κ3) is 2.33. The molecule has 17 heavy (non-hydrogen) atoms. The molecular formula is C12H13N3O2. The Morgan fingerprint density at radius 1 is 1.59 bits per heavy atom. The Labute approximate surface area is 98.5 Å². The highest BCUT2D eigenvalue weighted by molar-refractivity contribution is 5.97. The highest BCUT2D eigenvalue weighted by Gasteiger charge is 2.10. The molecule has 2 rings (SSSR count). The van der Waals surface area contributed by atoms with Gasteiger partial charge in [0.1, 0.15) is 0 Å². The Bertz CT molecular complexity index is 586. The minimum Gasteiger partial charge on any atom is -0.348 e. The van der Waals surface area contributed by atoms with Gasteiger partial charge in [0.25, 0.3) is 11.6 Å². The van der Waals surface area contributed by atoms with Crippen molar-refractivity contribution in [2.45, 2.75) is 13.8 Å². The van der Waals surface area contributed by atoms with Crippen LogP contribution in [0.5, 0.6) is 0 Å². The van der Waals surface area contributed by atoms with E-state index in [2.05, 4.69) is 22.0 Å². The molecule has 2 aromatic rings. The lowest BCUT2D eigenvalue weighted by Crippen LogP contribution is -2.24. The minimum atomic E-state index is -0.178. The number of nitrogens with zero attached hydrogens (tertiary/aromatic N) is 2. The topological polar surface area (TPSA) is 68.0 Å². The van der Waals surface area contributed by atoms with E-state index in [0.717, 1.165) is 16.7 Å². The summed E-state index contributed by atoms with van der Waals surface area (Å²) in [6, 6.07) is 1.72. The van der Waals surface area contributed by atoms with Crippen LogP contribution in [0.2, 0.25) is 0 Å². The molecule has 0 saturated heterocycles. The number of amides is 1. The molecule has 5 nitrogen and oxygen atoms in total. The van der Waals surface area contributed by atoms with Gasteiger partial charge in [0, 0.05) is 12.7 Å². The van der Waals surface area contributed by atoms with Gasteiger partial charge in [-0.05, 0) is 19.9 Å². The number of rotatable bonds is 3. The molecule has 1 N–H and O–H groups in total. The normalized spacial score (nSPS) is 10.5. The highest BCUT2D eigenvalue weighted by atomic mass is 16.5. The Balaban J connectivity index is 2.26. The maximum absolute atomic E-state index is 11.8. The van der Waals surface area contributed by atoms with Crippen molar-refractivity contribution >= 4 is 17.0 Å². The molecule has 0 atom stereocenters. The fraction of sp³-hybridized carbons (Fsp3) is 0.250. The first-order valence-electron chi connectivity index (χ1n) is 5.22. The van der Waals surface area contributed by atoms with Gasteiger partial charge in [-0.2, -0.15) is 0 Å². The Kier molecular flexibility index (Phi) is 2.91. The maximum Gasteiger partial charge on any atom is 0.257 e. The predicted molar refractivity (Wildman–Crippen MR) is 63.7 cm³/mol. The maximum atomic E-state index is 11.8. The summed E-state index contributed by atoms with van der Waals surface area (Å²) in [5.74, 6) is -0.178. The van der Waals surface area contributed by atoms with Crippen LogP contribution in [0.25, 0.3) is 11.1 Å². The molecule has 0 unspecified atom stereocenters. The summed E-state index contributed by atoms with van der Waals surface area (Å²) >= 11 is 0. The van der Waals surface area contributed by atoms with Gasteiger partial charge in [-0.1, -0.05) is 17.3 Å². The van der Waals surface area contributed by atoms with Gasteiger partial charge in [-0.3, -0.25) is 4.79 Å². The van der Waals surface area contributed by atoms with E-state index in [1.54, 1.807) is 6.07 Å². The second-order valence-corrected chi connectivity index (χ2v) is 3.98. The van der Waals surface area contributed by atoms with Crippen molar-refractivity contribution in [3.05, 3.63) is 35.7 Å². The fourth-order valence-electron chi connectivity index (χ4n) is 1.40. The number of aromatic nitrogens is 2. The van der Waals surface area contributed by atoms with E-state index in [9.17, 15) is 4.79 Å². The SMILES string of the molecule is C=C(C)CNC(=O)c1cnc2onc(C)c2c1. The number of carbonyl (C=O) groups excluding carboxylic acids is 1.